The fraction of sp³-hybridized carbons (Fsp3) is 0.389. The number of carbonyl (C=O) groups excluding carboxylic acids is 2. The van der Waals surface area contributed by atoms with Crippen molar-refractivity contribution < 1.29 is 14.3 Å². The molecule has 0 saturated carbocycles. The summed E-state index contributed by atoms with van der Waals surface area (Å²) < 4.78 is 6.95. The highest BCUT2D eigenvalue weighted by Gasteiger charge is 2.30. The van der Waals surface area contributed by atoms with E-state index in [4.69, 9.17) is 4.74 Å². The summed E-state index contributed by atoms with van der Waals surface area (Å²) in [7, 11) is 0. The maximum absolute atomic E-state index is 12.3. The summed E-state index contributed by atoms with van der Waals surface area (Å²) in [6.45, 7) is 4.95. The third kappa shape index (κ3) is 2.91. The van der Waals surface area contributed by atoms with Crippen LogP contribution in [0.2, 0.25) is 0 Å². The first kappa shape index (κ1) is 16.2. The first-order valence-corrected chi connectivity index (χ1v) is 8.26. The van der Waals surface area contributed by atoms with Crippen LogP contribution in [0.4, 0.5) is 0 Å². The normalized spacial score (nSPS) is 13.5. The second-order valence-corrected chi connectivity index (χ2v) is 5.66. The van der Waals surface area contributed by atoms with Crippen LogP contribution in [-0.2, 0) is 22.5 Å². The number of rotatable bonds is 4. The van der Waals surface area contributed by atoms with Gasteiger partial charge in [-0.05, 0) is 19.1 Å². The molecule has 1 amide bonds. The fourth-order valence-electron chi connectivity index (χ4n) is 3.00. The molecule has 3 rings (SSSR count). The van der Waals surface area contributed by atoms with Gasteiger partial charge in [0.25, 0.3) is 0 Å². The van der Waals surface area contributed by atoms with Gasteiger partial charge in [0.15, 0.2) is 5.69 Å². The molecule has 1 aromatic heterocycles. The molecule has 0 N–H and O–H groups in total. The van der Waals surface area contributed by atoms with Crippen LogP contribution >= 0.6 is 0 Å². The van der Waals surface area contributed by atoms with Crippen LogP contribution in [0.5, 0.6) is 0 Å². The largest absolute Gasteiger partial charge is 0.461 e. The van der Waals surface area contributed by atoms with E-state index in [-0.39, 0.29) is 5.91 Å². The second-order valence-electron chi connectivity index (χ2n) is 5.66. The van der Waals surface area contributed by atoms with Crippen LogP contribution < -0.4 is 0 Å². The highest BCUT2D eigenvalue weighted by atomic mass is 16.5. The molecular formula is C18H21N3O3. The van der Waals surface area contributed by atoms with Gasteiger partial charge in [-0.2, -0.15) is 5.10 Å². The van der Waals surface area contributed by atoms with Crippen molar-refractivity contribution in [3.8, 4) is 5.69 Å². The number of nitrogens with zero attached hydrogens (tertiary/aromatic N) is 3. The SMILES string of the molecule is CCOC(=O)c1nn(-c2ccccc2)c2c1CN(C(=O)CC)CC2. The van der Waals surface area contributed by atoms with Gasteiger partial charge in [-0.25, -0.2) is 9.48 Å². The summed E-state index contributed by atoms with van der Waals surface area (Å²) in [5, 5.41) is 4.50. The Morgan fingerprint density at radius 2 is 1.96 bits per heavy atom. The molecule has 6 nitrogen and oxygen atoms in total. The zero-order chi connectivity index (χ0) is 17.1. The molecule has 6 heteroatoms. The number of para-hydroxylation sites is 1. The number of benzene rings is 1. The van der Waals surface area contributed by atoms with Crippen molar-refractivity contribution in [1.82, 2.24) is 14.7 Å². The van der Waals surface area contributed by atoms with E-state index in [0.717, 1.165) is 16.9 Å². The molecule has 0 saturated heterocycles. The summed E-state index contributed by atoms with van der Waals surface area (Å²) in [5.74, 6) is -0.350. The molecule has 24 heavy (non-hydrogen) atoms. The maximum Gasteiger partial charge on any atom is 0.359 e. The summed E-state index contributed by atoms with van der Waals surface area (Å²) >= 11 is 0. The smallest absolute Gasteiger partial charge is 0.359 e. The molecule has 0 atom stereocenters. The van der Waals surface area contributed by atoms with Gasteiger partial charge in [-0.15, -0.1) is 0 Å². The Hall–Kier alpha value is -2.63. The minimum absolute atomic E-state index is 0.0860. The Morgan fingerprint density at radius 1 is 1.21 bits per heavy atom. The Balaban J connectivity index is 2.05. The summed E-state index contributed by atoms with van der Waals surface area (Å²) in [4.78, 5) is 26.1. The van der Waals surface area contributed by atoms with E-state index in [2.05, 4.69) is 5.10 Å². The van der Waals surface area contributed by atoms with Gasteiger partial charge in [-0.1, -0.05) is 25.1 Å². The van der Waals surface area contributed by atoms with Gasteiger partial charge in [0.2, 0.25) is 5.91 Å². The van der Waals surface area contributed by atoms with E-state index in [1.54, 1.807) is 16.5 Å². The highest BCUT2D eigenvalue weighted by Crippen LogP contribution is 2.26. The summed E-state index contributed by atoms with van der Waals surface area (Å²) in [6.07, 6.45) is 1.12. The number of hydrogen-bond acceptors (Lipinski definition) is 4. The minimum atomic E-state index is -0.436. The lowest BCUT2D eigenvalue weighted by Crippen LogP contribution is -2.36. The van der Waals surface area contributed by atoms with Crippen molar-refractivity contribution in [3.63, 3.8) is 0 Å². The molecule has 126 valence electrons. The average molecular weight is 327 g/mol. The van der Waals surface area contributed by atoms with Crippen molar-refractivity contribution in [1.29, 1.82) is 0 Å². The van der Waals surface area contributed by atoms with E-state index in [1.807, 2.05) is 37.3 Å². The zero-order valence-electron chi connectivity index (χ0n) is 14.0. The molecule has 2 heterocycles. The summed E-state index contributed by atoms with van der Waals surface area (Å²) in [5.41, 5.74) is 2.98. The molecule has 0 radical (unpaired) electrons. The summed E-state index contributed by atoms with van der Waals surface area (Å²) in [6, 6.07) is 9.71. The zero-order valence-corrected chi connectivity index (χ0v) is 14.0. The standard InChI is InChI=1S/C18H21N3O3/c1-3-16(22)20-11-10-15-14(12-20)17(18(23)24-4-2)19-21(15)13-8-6-5-7-9-13/h5-9H,3-4,10-12H2,1-2H3. The Morgan fingerprint density at radius 3 is 2.62 bits per heavy atom. The molecule has 0 aliphatic carbocycles. The van der Waals surface area contributed by atoms with E-state index in [9.17, 15) is 9.59 Å². The third-order valence-electron chi connectivity index (χ3n) is 4.18. The van der Waals surface area contributed by atoms with Crippen molar-refractivity contribution in [2.75, 3.05) is 13.2 Å². The van der Waals surface area contributed by atoms with Gasteiger partial charge in [0.05, 0.1) is 18.0 Å². The number of ether oxygens (including phenoxy) is 1. The van der Waals surface area contributed by atoms with Crippen LogP contribution in [0.1, 0.15) is 42.0 Å². The monoisotopic (exact) mass is 327 g/mol. The number of carbonyl (C=O) groups is 2. The first-order valence-electron chi connectivity index (χ1n) is 8.26. The van der Waals surface area contributed by atoms with Crippen LogP contribution in [0.15, 0.2) is 30.3 Å². The molecule has 0 fully saturated rings. The predicted octanol–water partition coefficient (Wildman–Crippen LogP) is 2.34. The molecule has 1 aromatic carbocycles. The first-order chi connectivity index (χ1) is 11.7. The van der Waals surface area contributed by atoms with Gasteiger partial charge in [0, 0.05) is 31.5 Å². The maximum atomic E-state index is 12.3. The lowest BCUT2D eigenvalue weighted by atomic mass is 10.0. The predicted molar refractivity (Wildman–Crippen MR) is 88.9 cm³/mol. The van der Waals surface area contributed by atoms with Crippen molar-refractivity contribution >= 4 is 11.9 Å². The molecule has 1 aliphatic rings. The van der Waals surface area contributed by atoms with E-state index in [1.165, 1.54) is 0 Å². The van der Waals surface area contributed by atoms with Crippen LogP contribution in [0.3, 0.4) is 0 Å². The number of hydrogen-bond donors (Lipinski definition) is 0. The molecular weight excluding hydrogens is 306 g/mol. The van der Waals surface area contributed by atoms with E-state index in [0.29, 0.717) is 38.2 Å². The molecule has 2 aromatic rings. The number of aromatic nitrogens is 2. The van der Waals surface area contributed by atoms with Crippen LogP contribution in [0, 0.1) is 0 Å². The third-order valence-corrected chi connectivity index (χ3v) is 4.18. The number of esters is 1. The number of amides is 1. The molecule has 0 spiro atoms. The van der Waals surface area contributed by atoms with Crippen molar-refractivity contribution in [3.05, 3.63) is 47.3 Å². The Kier molecular flexibility index (Phi) is 4.64. The van der Waals surface area contributed by atoms with Crippen molar-refractivity contribution in [2.45, 2.75) is 33.2 Å². The minimum Gasteiger partial charge on any atom is -0.461 e. The molecule has 0 bridgehead atoms. The molecule has 1 aliphatic heterocycles. The van der Waals surface area contributed by atoms with Gasteiger partial charge in [-0.3, -0.25) is 4.79 Å². The molecule has 0 unspecified atom stereocenters. The quantitative estimate of drug-likeness (QED) is 0.809. The topological polar surface area (TPSA) is 64.4 Å². The second kappa shape index (κ2) is 6.86. The Bertz CT molecular complexity index is 752. The lowest BCUT2D eigenvalue weighted by Gasteiger charge is -2.27. The fourth-order valence-corrected chi connectivity index (χ4v) is 3.00. The van der Waals surface area contributed by atoms with Gasteiger partial charge < -0.3 is 9.64 Å². The highest BCUT2D eigenvalue weighted by molar-refractivity contribution is 5.89. The van der Waals surface area contributed by atoms with E-state index >= 15 is 0 Å². The Labute approximate surface area is 141 Å². The van der Waals surface area contributed by atoms with Crippen LogP contribution in [0.25, 0.3) is 5.69 Å². The number of fused-ring (bicyclic) bond motifs is 1. The van der Waals surface area contributed by atoms with Gasteiger partial charge in [0.1, 0.15) is 0 Å². The van der Waals surface area contributed by atoms with Crippen molar-refractivity contribution in [2.24, 2.45) is 0 Å². The van der Waals surface area contributed by atoms with Gasteiger partial charge >= 0.3 is 5.97 Å². The van der Waals surface area contributed by atoms with Crippen LogP contribution in [-0.4, -0.2) is 39.7 Å². The lowest BCUT2D eigenvalue weighted by molar-refractivity contribution is -0.131. The average Bonchev–Trinajstić information content (AvgIpc) is 3.01. The van der Waals surface area contributed by atoms with E-state index < -0.39 is 5.97 Å².